The molecule has 238 valence electrons. The number of aryl methyl sites for hydroxylation is 2. The third kappa shape index (κ3) is 6.83. The average Bonchev–Trinajstić information content (AvgIpc) is 3.28. The van der Waals surface area contributed by atoms with Crippen molar-refractivity contribution in [1.29, 1.82) is 0 Å². The highest BCUT2D eigenvalue weighted by atomic mass is 35.5. The van der Waals surface area contributed by atoms with E-state index in [1.807, 2.05) is 40.8 Å². The number of benzene rings is 2. The lowest BCUT2D eigenvalue weighted by Gasteiger charge is -2.41. The molecule has 5 rings (SSSR count). The molecule has 1 saturated heterocycles. The molecule has 1 aromatic heterocycles. The number of halogens is 1. The molecular formula is C33H42ClN3O6S. The molecule has 0 spiro atoms. The van der Waals surface area contributed by atoms with Crippen LogP contribution in [-0.4, -0.2) is 68.7 Å². The Kier molecular flexibility index (Phi) is 10.0. The SMILES string of the molecule is COC(=O)CCc1ccc(-c2c(Cl)c3ccc(S(=O)(=O)N[C@H]4CC[C@H](C(=O)N5CCOC[C@@H]5C(C)C)CC4)cc3n2C)cc1. The van der Waals surface area contributed by atoms with E-state index in [9.17, 15) is 18.0 Å². The summed E-state index contributed by atoms with van der Waals surface area (Å²) in [6.07, 6.45) is 3.43. The van der Waals surface area contributed by atoms with E-state index in [1.165, 1.54) is 7.11 Å². The number of esters is 1. The van der Waals surface area contributed by atoms with Gasteiger partial charge in [-0.3, -0.25) is 9.59 Å². The third-order valence-electron chi connectivity index (χ3n) is 9.11. The monoisotopic (exact) mass is 643 g/mol. The minimum atomic E-state index is -3.79. The van der Waals surface area contributed by atoms with Crippen LogP contribution in [0.5, 0.6) is 0 Å². The number of hydrogen-bond acceptors (Lipinski definition) is 6. The summed E-state index contributed by atoms with van der Waals surface area (Å²) < 4.78 is 42.1. The Morgan fingerprint density at radius 1 is 1.09 bits per heavy atom. The van der Waals surface area contributed by atoms with E-state index >= 15 is 0 Å². The highest BCUT2D eigenvalue weighted by Crippen LogP contribution is 2.38. The number of methoxy groups -OCH3 is 1. The number of aromatic nitrogens is 1. The number of hydrogen-bond donors (Lipinski definition) is 1. The molecule has 1 aliphatic heterocycles. The first-order valence-corrected chi connectivity index (χ1v) is 17.2. The number of sulfonamides is 1. The fourth-order valence-corrected chi connectivity index (χ4v) is 8.18. The maximum absolute atomic E-state index is 13.5. The van der Waals surface area contributed by atoms with E-state index in [-0.39, 0.29) is 34.8 Å². The predicted molar refractivity (Wildman–Crippen MR) is 171 cm³/mol. The quantitative estimate of drug-likeness (QED) is 0.316. The topological polar surface area (TPSA) is 107 Å². The van der Waals surface area contributed by atoms with Gasteiger partial charge in [0.15, 0.2) is 0 Å². The van der Waals surface area contributed by atoms with Crippen molar-refractivity contribution in [3.05, 3.63) is 53.1 Å². The smallest absolute Gasteiger partial charge is 0.305 e. The van der Waals surface area contributed by atoms with E-state index in [4.69, 9.17) is 21.1 Å². The lowest BCUT2D eigenvalue weighted by atomic mass is 9.85. The second-order valence-corrected chi connectivity index (χ2v) is 14.4. The summed E-state index contributed by atoms with van der Waals surface area (Å²) in [5.41, 5.74) is 3.39. The molecule has 0 unspecified atom stereocenters. The maximum Gasteiger partial charge on any atom is 0.305 e. The molecule has 1 aliphatic carbocycles. The van der Waals surface area contributed by atoms with E-state index in [1.54, 1.807) is 18.2 Å². The third-order valence-corrected chi connectivity index (χ3v) is 11.0. The van der Waals surface area contributed by atoms with Gasteiger partial charge in [-0.15, -0.1) is 0 Å². The van der Waals surface area contributed by atoms with Crippen LogP contribution in [0.2, 0.25) is 5.02 Å². The molecule has 2 aromatic carbocycles. The second kappa shape index (κ2) is 13.6. The first kappa shape index (κ1) is 32.5. The summed E-state index contributed by atoms with van der Waals surface area (Å²) in [4.78, 5) is 27.0. The van der Waals surface area contributed by atoms with Gasteiger partial charge in [0.2, 0.25) is 15.9 Å². The lowest BCUT2D eigenvalue weighted by molar-refractivity contribution is -0.147. The number of rotatable bonds is 9. The standard InChI is InChI=1S/C33H42ClN3O6S/c1-21(2)29-20-43-18-17-37(29)33(39)24-10-12-25(13-11-24)35-44(40,41)26-14-15-27-28(19-26)36(3)32(31(27)34)23-8-5-22(6-9-23)7-16-30(38)42-4/h5-6,8-9,14-15,19,21,24-25,29,35H,7,10-13,16-18,20H2,1-4H3/t24-,25-,29-/m1/s1. The van der Waals surface area contributed by atoms with Crippen molar-refractivity contribution < 1.29 is 27.5 Å². The Balaban J connectivity index is 1.26. The summed E-state index contributed by atoms with van der Waals surface area (Å²) in [5.74, 6) is 0.153. The van der Waals surface area contributed by atoms with Gasteiger partial charge in [0.05, 0.1) is 47.5 Å². The van der Waals surface area contributed by atoms with Crippen LogP contribution in [-0.2, 0) is 42.6 Å². The number of ether oxygens (including phenoxy) is 2. The Hall–Kier alpha value is -2.92. The minimum absolute atomic E-state index is 0.0858. The zero-order valence-electron chi connectivity index (χ0n) is 25.8. The number of carbonyl (C=O) groups is 2. The van der Waals surface area contributed by atoms with Crippen molar-refractivity contribution in [2.45, 2.75) is 69.4 Å². The van der Waals surface area contributed by atoms with Gasteiger partial charge < -0.3 is 18.9 Å². The van der Waals surface area contributed by atoms with Crippen LogP contribution in [0, 0.1) is 11.8 Å². The fourth-order valence-electron chi connectivity index (χ4n) is 6.46. The molecule has 3 aromatic rings. The molecular weight excluding hydrogens is 602 g/mol. The van der Waals surface area contributed by atoms with Crippen molar-refractivity contribution in [1.82, 2.24) is 14.2 Å². The van der Waals surface area contributed by atoms with Crippen LogP contribution in [0.25, 0.3) is 22.2 Å². The number of morpholine rings is 1. The van der Waals surface area contributed by atoms with Crippen molar-refractivity contribution >= 4 is 44.4 Å². The van der Waals surface area contributed by atoms with Crippen molar-refractivity contribution in [3.63, 3.8) is 0 Å². The number of nitrogens with zero attached hydrogens (tertiary/aromatic N) is 2. The highest BCUT2D eigenvalue weighted by molar-refractivity contribution is 7.89. The van der Waals surface area contributed by atoms with Gasteiger partial charge in [-0.25, -0.2) is 13.1 Å². The zero-order chi connectivity index (χ0) is 31.6. The lowest BCUT2D eigenvalue weighted by Crippen LogP contribution is -2.53. The van der Waals surface area contributed by atoms with Crippen molar-refractivity contribution in [2.24, 2.45) is 18.9 Å². The predicted octanol–water partition coefficient (Wildman–Crippen LogP) is 5.32. The van der Waals surface area contributed by atoms with Crippen LogP contribution in [0.1, 0.15) is 51.5 Å². The zero-order valence-corrected chi connectivity index (χ0v) is 27.4. The number of carbonyl (C=O) groups excluding carboxylic acids is 2. The Morgan fingerprint density at radius 2 is 1.80 bits per heavy atom. The molecule has 0 radical (unpaired) electrons. The van der Waals surface area contributed by atoms with Crippen LogP contribution < -0.4 is 4.72 Å². The van der Waals surface area contributed by atoms with Crippen molar-refractivity contribution in [3.8, 4) is 11.3 Å². The van der Waals surface area contributed by atoms with Gasteiger partial charge in [-0.1, -0.05) is 49.7 Å². The molecule has 11 heteroatoms. The summed E-state index contributed by atoms with van der Waals surface area (Å²) in [5, 5.41) is 1.31. The summed E-state index contributed by atoms with van der Waals surface area (Å²) in [7, 11) is -0.543. The Labute approximate surface area is 264 Å². The average molecular weight is 644 g/mol. The molecule has 9 nitrogen and oxygen atoms in total. The summed E-state index contributed by atoms with van der Waals surface area (Å²) in [6, 6.07) is 12.7. The van der Waals surface area contributed by atoms with Crippen LogP contribution in [0.4, 0.5) is 0 Å². The summed E-state index contributed by atoms with van der Waals surface area (Å²) in [6.45, 7) is 5.97. The van der Waals surface area contributed by atoms with Crippen LogP contribution >= 0.6 is 11.6 Å². The van der Waals surface area contributed by atoms with Gasteiger partial charge in [0.25, 0.3) is 0 Å². The molecule has 0 bridgehead atoms. The molecule has 2 heterocycles. The summed E-state index contributed by atoms with van der Waals surface area (Å²) >= 11 is 6.82. The van der Waals surface area contributed by atoms with Crippen LogP contribution in [0.15, 0.2) is 47.4 Å². The highest BCUT2D eigenvalue weighted by Gasteiger charge is 2.36. The molecule has 2 fully saturated rings. The molecule has 2 aliphatic rings. The van der Waals surface area contributed by atoms with Gasteiger partial charge in [-0.05, 0) is 67.3 Å². The first-order chi connectivity index (χ1) is 21.0. The largest absolute Gasteiger partial charge is 0.469 e. The minimum Gasteiger partial charge on any atom is -0.469 e. The van der Waals surface area contributed by atoms with E-state index in [0.29, 0.717) is 74.7 Å². The molecule has 1 saturated carbocycles. The number of amides is 1. The molecule has 1 N–H and O–H groups in total. The number of fused-ring (bicyclic) bond motifs is 1. The maximum atomic E-state index is 13.5. The van der Waals surface area contributed by atoms with Crippen molar-refractivity contribution in [2.75, 3.05) is 26.9 Å². The first-order valence-electron chi connectivity index (χ1n) is 15.3. The van der Waals surface area contributed by atoms with Gasteiger partial charge in [0, 0.05) is 37.4 Å². The second-order valence-electron chi connectivity index (χ2n) is 12.3. The van der Waals surface area contributed by atoms with Gasteiger partial charge >= 0.3 is 5.97 Å². The van der Waals surface area contributed by atoms with Gasteiger partial charge in [0.1, 0.15) is 0 Å². The Bertz CT molecular complexity index is 1610. The normalized spacial score (nSPS) is 21.1. The fraction of sp³-hybridized carbons (Fsp3) is 0.515. The van der Waals surface area contributed by atoms with E-state index in [0.717, 1.165) is 22.2 Å². The van der Waals surface area contributed by atoms with Crippen LogP contribution in [0.3, 0.4) is 0 Å². The molecule has 44 heavy (non-hydrogen) atoms. The van der Waals surface area contributed by atoms with Gasteiger partial charge in [-0.2, -0.15) is 0 Å². The molecule has 1 atom stereocenters. The van der Waals surface area contributed by atoms with E-state index in [2.05, 4.69) is 18.6 Å². The molecule has 1 amide bonds. The van der Waals surface area contributed by atoms with E-state index < -0.39 is 10.0 Å². The number of nitrogens with one attached hydrogen (secondary N) is 1. The Morgan fingerprint density at radius 3 is 2.45 bits per heavy atom.